The number of aromatic nitrogens is 1. The number of ether oxygens (including phenoxy) is 2. The van der Waals surface area contributed by atoms with Gasteiger partial charge in [-0.3, -0.25) is 14.5 Å². The molecule has 5 aromatic rings. The molecule has 1 atom stereocenters. The first-order chi connectivity index (χ1) is 27.4. The monoisotopic (exact) mass is 797 g/mol. The third-order valence-corrected chi connectivity index (χ3v) is 10.8. The number of carbonyl (C=O) groups excluding carboxylic acids is 1. The van der Waals surface area contributed by atoms with Crippen molar-refractivity contribution in [3.63, 3.8) is 0 Å². The number of methoxy groups -OCH3 is 1. The molecule has 6 rings (SSSR count). The van der Waals surface area contributed by atoms with Gasteiger partial charge in [-0.25, -0.2) is 4.79 Å². The van der Waals surface area contributed by atoms with Gasteiger partial charge in [0, 0.05) is 67.4 Å². The number of benzene rings is 4. The number of H-pyrrole nitrogens is 1. The highest BCUT2D eigenvalue weighted by molar-refractivity contribution is 6.32. The van der Waals surface area contributed by atoms with Crippen LogP contribution in [0.5, 0.6) is 17.2 Å². The summed E-state index contributed by atoms with van der Waals surface area (Å²) in [5.74, 6) is 0.364. The summed E-state index contributed by atoms with van der Waals surface area (Å²) in [6.07, 6.45) is 1.43. The minimum absolute atomic E-state index is 0.0808. The smallest absolute Gasteiger partial charge is 0.412 e. The lowest BCUT2D eigenvalue weighted by molar-refractivity contribution is -0.132. The van der Waals surface area contributed by atoms with Crippen molar-refractivity contribution >= 4 is 40.2 Å². The van der Waals surface area contributed by atoms with E-state index in [0.29, 0.717) is 53.8 Å². The third kappa shape index (κ3) is 9.86. The molecule has 2 amide bonds. The number of hydrogen-bond donors (Lipinski definition) is 6. The van der Waals surface area contributed by atoms with Crippen molar-refractivity contribution in [1.29, 1.82) is 0 Å². The molecule has 1 fully saturated rings. The van der Waals surface area contributed by atoms with Gasteiger partial charge in [-0.15, -0.1) is 0 Å². The number of phenols is 1. The molecule has 1 aliphatic rings. The van der Waals surface area contributed by atoms with E-state index in [-0.39, 0.29) is 65.3 Å². The molecule has 0 saturated heterocycles. The van der Waals surface area contributed by atoms with Gasteiger partial charge in [0.15, 0.2) is 6.61 Å². The van der Waals surface area contributed by atoms with Gasteiger partial charge in [0.25, 0.3) is 5.91 Å². The zero-order chi connectivity index (χ0) is 40.6. The van der Waals surface area contributed by atoms with Crippen molar-refractivity contribution in [3.8, 4) is 28.4 Å². The summed E-state index contributed by atoms with van der Waals surface area (Å²) in [6.45, 7) is 0.513. The van der Waals surface area contributed by atoms with Crippen LogP contribution in [0.25, 0.3) is 22.0 Å². The summed E-state index contributed by atoms with van der Waals surface area (Å²) in [6, 6.07) is 24.7. The van der Waals surface area contributed by atoms with Crippen LogP contribution < -0.4 is 31.0 Å². The molecule has 0 unspecified atom stereocenters. The number of halogens is 1. The first-order valence-electron chi connectivity index (χ1n) is 18.9. The fourth-order valence-corrected chi connectivity index (χ4v) is 7.54. The van der Waals surface area contributed by atoms with Gasteiger partial charge in [-0.05, 0) is 73.1 Å². The minimum Gasteiger partial charge on any atom is -0.506 e. The van der Waals surface area contributed by atoms with Crippen LogP contribution in [0, 0.1) is 0 Å². The highest BCUT2D eigenvalue weighted by atomic mass is 35.5. The molecule has 4 aromatic carbocycles. The maximum Gasteiger partial charge on any atom is 0.412 e. The van der Waals surface area contributed by atoms with Crippen LogP contribution in [-0.4, -0.2) is 83.1 Å². The van der Waals surface area contributed by atoms with Crippen molar-refractivity contribution < 1.29 is 34.4 Å². The lowest BCUT2D eigenvalue weighted by Gasteiger charge is -2.35. The Hall–Kier alpha value is -5.60. The van der Waals surface area contributed by atoms with E-state index in [0.717, 1.165) is 29.5 Å². The maximum absolute atomic E-state index is 13.2. The Morgan fingerprint density at radius 1 is 1.00 bits per heavy atom. The van der Waals surface area contributed by atoms with E-state index in [1.807, 2.05) is 48.5 Å². The Bertz CT molecular complexity index is 2260. The standard InChI is InChI=1S/C43H48ClN5O8/c1-48(19-18-26-8-13-31(27-6-4-3-5-7-27)35(20-26)49(43(54)55)30-11-9-29(45)10-12-30)41(53)25-57-39-22-38(56-2)28(21-34(39)44)23-46-24-37(51)32-14-16-36(50)42-33(32)15-17-40(52)47-42/h3-8,13-17,20-22,29-30,37,46,50-51H,9-12,18-19,23-25,45H2,1-2H3,(H,47,52)(H,54,55)/t29?,30?,37-/m1/s1. The number of anilines is 1. The second-order valence-electron chi connectivity index (χ2n) is 14.3. The number of aromatic amines is 1. The molecular weight excluding hydrogens is 750 g/mol. The average Bonchev–Trinajstić information content (AvgIpc) is 3.20. The fraction of sp³-hybridized carbons (Fsp3) is 0.326. The summed E-state index contributed by atoms with van der Waals surface area (Å²) in [4.78, 5) is 43.4. The Labute approximate surface area is 335 Å². The molecule has 1 saturated carbocycles. The zero-order valence-corrected chi connectivity index (χ0v) is 32.7. The van der Waals surface area contributed by atoms with Crippen molar-refractivity contribution in [3.05, 3.63) is 117 Å². The largest absolute Gasteiger partial charge is 0.506 e. The Kier molecular flexibility index (Phi) is 13.4. The van der Waals surface area contributed by atoms with E-state index in [2.05, 4.69) is 10.3 Å². The molecule has 1 aliphatic carbocycles. The second-order valence-corrected chi connectivity index (χ2v) is 14.7. The van der Waals surface area contributed by atoms with Crippen LogP contribution in [-0.2, 0) is 17.8 Å². The van der Waals surface area contributed by atoms with Gasteiger partial charge >= 0.3 is 6.09 Å². The van der Waals surface area contributed by atoms with Gasteiger partial charge in [-0.1, -0.05) is 60.1 Å². The van der Waals surface area contributed by atoms with Crippen LogP contribution in [0.4, 0.5) is 10.5 Å². The average molecular weight is 798 g/mol. The first-order valence-corrected chi connectivity index (χ1v) is 19.2. The molecular formula is C43H48ClN5O8. The quantitative estimate of drug-likeness (QED) is 0.0709. The van der Waals surface area contributed by atoms with Gasteiger partial charge in [0.05, 0.1) is 29.4 Å². The van der Waals surface area contributed by atoms with Crippen LogP contribution in [0.3, 0.4) is 0 Å². The lowest BCUT2D eigenvalue weighted by atomic mass is 9.89. The first kappa shape index (κ1) is 41.0. The van der Waals surface area contributed by atoms with E-state index in [4.69, 9.17) is 26.8 Å². The van der Waals surface area contributed by atoms with Gasteiger partial charge in [0.1, 0.15) is 17.2 Å². The molecule has 1 aromatic heterocycles. The number of carbonyl (C=O) groups is 2. The highest BCUT2D eigenvalue weighted by Crippen LogP contribution is 2.37. The van der Waals surface area contributed by atoms with E-state index < -0.39 is 12.2 Å². The molecule has 0 spiro atoms. The van der Waals surface area contributed by atoms with Crippen molar-refractivity contribution in [2.45, 2.75) is 56.8 Å². The van der Waals surface area contributed by atoms with E-state index >= 15 is 0 Å². The molecule has 300 valence electrons. The lowest BCUT2D eigenvalue weighted by Crippen LogP contribution is -2.44. The number of nitrogens with zero attached hydrogens (tertiary/aromatic N) is 2. The van der Waals surface area contributed by atoms with E-state index in [1.165, 1.54) is 24.1 Å². The number of nitrogens with two attached hydrogens (primary N) is 1. The number of aliphatic hydroxyl groups is 1. The van der Waals surface area contributed by atoms with Crippen molar-refractivity contribution in [2.75, 3.05) is 38.8 Å². The van der Waals surface area contributed by atoms with Crippen molar-refractivity contribution in [1.82, 2.24) is 15.2 Å². The minimum atomic E-state index is -1.01. The zero-order valence-electron chi connectivity index (χ0n) is 31.9. The molecule has 1 heterocycles. The number of aromatic hydroxyl groups is 1. The number of likely N-dealkylation sites (N-methyl/N-ethyl adjacent to an activating group) is 1. The topological polar surface area (TPSA) is 191 Å². The number of amides is 2. The van der Waals surface area contributed by atoms with Gasteiger partial charge < -0.3 is 45.7 Å². The SMILES string of the molecule is COc1cc(OCC(=O)N(C)CCc2ccc(-c3ccccc3)c(N(C(=O)O)C3CCC(N)CC3)c2)c(Cl)cc1CNC[C@@H](O)c1ccc(O)c2[nH]c(=O)ccc12. The number of rotatable bonds is 15. The van der Waals surface area contributed by atoms with E-state index in [9.17, 15) is 29.7 Å². The molecule has 14 heteroatoms. The Morgan fingerprint density at radius 3 is 2.47 bits per heavy atom. The highest BCUT2D eigenvalue weighted by Gasteiger charge is 2.31. The predicted octanol–water partition coefficient (Wildman–Crippen LogP) is 6.22. The summed E-state index contributed by atoms with van der Waals surface area (Å²) in [5.41, 5.74) is 10.5. The van der Waals surface area contributed by atoms with Gasteiger partial charge in [0.2, 0.25) is 5.56 Å². The molecule has 13 nitrogen and oxygen atoms in total. The molecule has 57 heavy (non-hydrogen) atoms. The Balaban J connectivity index is 1.07. The number of carboxylic acid groups (broad SMARTS) is 1. The summed E-state index contributed by atoms with van der Waals surface area (Å²) >= 11 is 6.59. The van der Waals surface area contributed by atoms with Crippen LogP contribution >= 0.6 is 11.6 Å². The van der Waals surface area contributed by atoms with Crippen molar-refractivity contribution in [2.24, 2.45) is 5.73 Å². The molecule has 0 aliphatic heterocycles. The number of phenolic OH excluding ortho intramolecular Hbond substituents is 1. The second kappa shape index (κ2) is 18.6. The van der Waals surface area contributed by atoms with Crippen LogP contribution in [0.15, 0.2) is 89.7 Å². The van der Waals surface area contributed by atoms with Gasteiger partial charge in [-0.2, -0.15) is 0 Å². The fourth-order valence-electron chi connectivity index (χ4n) is 7.30. The Morgan fingerprint density at radius 2 is 1.75 bits per heavy atom. The maximum atomic E-state index is 13.2. The number of pyridine rings is 1. The third-order valence-electron chi connectivity index (χ3n) is 10.5. The normalized spacial score (nSPS) is 15.9. The number of aliphatic hydroxyl groups excluding tert-OH is 1. The number of fused-ring (bicyclic) bond motifs is 1. The number of nitrogens with one attached hydrogen (secondary N) is 2. The van der Waals surface area contributed by atoms with E-state index in [1.54, 1.807) is 36.2 Å². The summed E-state index contributed by atoms with van der Waals surface area (Å²) in [5, 5.41) is 35.5. The summed E-state index contributed by atoms with van der Waals surface area (Å²) < 4.78 is 11.4. The number of hydrogen-bond acceptors (Lipinski definition) is 9. The van der Waals surface area contributed by atoms with Crippen LogP contribution in [0.1, 0.15) is 48.5 Å². The summed E-state index contributed by atoms with van der Waals surface area (Å²) in [7, 11) is 3.19. The predicted molar refractivity (Wildman–Crippen MR) is 220 cm³/mol. The molecule has 7 N–H and O–H groups in total. The molecule has 0 radical (unpaired) electrons. The van der Waals surface area contributed by atoms with Crippen LogP contribution in [0.2, 0.25) is 5.02 Å². The molecule has 0 bridgehead atoms.